The Kier molecular flexibility index (Phi) is 3.78. The van der Waals surface area contributed by atoms with Crippen molar-refractivity contribution in [2.75, 3.05) is 7.11 Å². The second-order valence-corrected chi connectivity index (χ2v) is 6.15. The minimum absolute atomic E-state index is 0.225. The minimum atomic E-state index is -0.225. The Balaban J connectivity index is 1.66. The average Bonchev–Trinajstić information content (AvgIpc) is 2.97. The molecule has 2 heterocycles. The number of aromatic nitrogens is 4. The first-order valence-corrected chi connectivity index (χ1v) is 8.29. The standard InChI is InChI=1S/C17H13FN4OS/c1-23-11-6-7-14-12(8-11)15-16(19-14)20-17(22-21-15)24-9-10-4-2-3-5-13(10)18/h2-8H,9H2,1H3,(H,19,20,22). The maximum Gasteiger partial charge on any atom is 0.211 e. The number of H-pyrrole nitrogens is 1. The van der Waals surface area contributed by atoms with Gasteiger partial charge in [-0.25, -0.2) is 9.37 Å². The molecule has 24 heavy (non-hydrogen) atoms. The molecule has 2 aromatic heterocycles. The van der Waals surface area contributed by atoms with Crippen molar-refractivity contribution < 1.29 is 9.13 Å². The molecule has 0 radical (unpaired) electrons. The summed E-state index contributed by atoms with van der Waals surface area (Å²) in [5.41, 5.74) is 2.89. The molecule has 7 heteroatoms. The predicted octanol–water partition coefficient (Wildman–Crippen LogP) is 3.95. The van der Waals surface area contributed by atoms with E-state index in [1.54, 1.807) is 19.2 Å². The lowest BCUT2D eigenvalue weighted by Gasteiger charge is -2.01. The quantitative estimate of drug-likeness (QED) is 0.570. The Morgan fingerprint density at radius 2 is 2.04 bits per heavy atom. The second-order valence-electron chi connectivity index (χ2n) is 5.21. The summed E-state index contributed by atoms with van der Waals surface area (Å²) in [4.78, 5) is 7.71. The number of thioether (sulfide) groups is 1. The summed E-state index contributed by atoms with van der Waals surface area (Å²) < 4.78 is 18.9. The summed E-state index contributed by atoms with van der Waals surface area (Å²) in [7, 11) is 1.62. The van der Waals surface area contributed by atoms with Gasteiger partial charge in [0.2, 0.25) is 5.16 Å². The molecule has 0 aliphatic carbocycles. The van der Waals surface area contributed by atoms with Crippen LogP contribution in [0.5, 0.6) is 5.75 Å². The van der Waals surface area contributed by atoms with Crippen molar-refractivity contribution in [3.05, 3.63) is 53.8 Å². The maximum atomic E-state index is 13.7. The largest absolute Gasteiger partial charge is 0.497 e. The molecule has 0 aliphatic rings. The van der Waals surface area contributed by atoms with Gasteiger partial charge in [-0.05, 0) is 29.8 Å². The van der Waals surface area contributed by atoms with Crippen LogP contribution in [0.25, 0.3) is 22.1 Å². The van der Waals surface area contributed by atoms with Crippen molar-refractivity contribution in [3.63, 3.8) is 0 Å². The number of hydrogen-bond donors (Lipinski definition) is 1. The van der Waals surface area contributed by atoms with Gasteiger partial charge in [0, 0.05) is 16.7 Å². The molecule has 0 spiro atoms. The third-order valence-electron chi connectivity index (χ3n) is 3.72. The van der Waals surface area contributed by atoms with Crippen LogP contribution < -0.4 is 4.74 Å². The number of benzene rings is 2. The van der Waals surface area contributed by atoms with Gasteiger partial charge in [0.05, 0.1) is 7.11 Å². The molecule has 5 nitrogen and oxygen atoms in total. The Morgan fingerprint density at radius 1 is 1.17 bits per heavy atom. The first-order valence-electron chi connectivity index (χ1n) is 7.31. The van der Waals surface area contributed by atoms with Crippen LogP contribution in [0.4, 0.5) is 4.39 Å². The van der Waals surface area contributed by atoms with E-state index in [4.69, 9.17) is 4.74 Å². The van der Waals surface area contributed by atoms with Gasteiger partial charge in [-0.15, -0.1) is 10.2 Å². The average molecular weight is 340 g/mol. The molecule has 0 amide bonds. The van der Waals surface area contributed by atoms with Crippen molar-refractivity contribution in [3.8, 4) is 5.75 Å². The number of ether oxygens (including phenoxy) is 1. The smallest absolute Gasteiger partial charge is 0.211 e. The Hall–Kier alpha value is -2.67. The van der Waals surface area contributed by atoms with E-state index in [-0.39, 0.29) is 5.82 Å². The lowest BCUT2D eigenvalue weighted by atomic mass is 10.2. The van der Waals surface area contributed by atoms with Crippen LogP contribution in [0.3, 0.4) is 0 Å². The highest BCUT2D eigenvalue weighted by Crippen LogP contribution is 2.28. The molecule has 120 valence electrons. The molecule has 1 N–H and O–H groups in total. The SMILES string of the molecule is COc1ccc2[nH]c3nc(SCc4ccccc4F)nnc3c2c1. The van der Waals surface area contributed by atoms with Crippen LogP contribution in [0.15, 0.2) is 47.6 Å². The van der Waals surface area contributed by atoms with Crippen molar-refractivity contribution in [1.82, 2.24) is 20.2 Å². The van der Waals surface area contributed by atoms with E-state index < -0.39 is 0 Å². The van der Waals surface area contributed by atoms with E-state index in [9.17, 15) is 4.39 Å². The number of halogens is 1. The Morgan fingerprint density at radius 3 is 2.88 bits per heavy atom. The third-order valence-corrected chi connectivity index (χ3v) is 4.60. The second kappa shape index (κ2) is 6.09. The maximum absolute atomic E-state index is 13.7. The summed E-state index contributed by atoms with van der Waals surface area (Å²) in [6.07, 6.45) is 0. The number of nitrogens with one attached hydrogen (secondary N) is 1. The van der Waals surface area contributed by atoms with Gasteiger partial charge in [-0.2, -0.15) is 0 Å². The highest BCUT2D eigenvalue weighted by molar-refractivity contribution is 7.98. The van der Waals surface area contributed by atoms with E-state index in [0.29, 0.717) is 27.6 Å². The van der Waals surface area contributed by atoms with Crippen LogP contribution in [0, 0.1) is 5.82 Å². The van der Waals surface area contributed by atoms with Gasteiger partial charge in [0.15, 0.2) is 5.65 Å². The van der Waals surface area contributed by atoms with Crippen LogP contribution >= 0.6 is 11.8 Å². The topological polar surface area (TPSA) is 63.7 Å². The zero-order valence-electron chi connectivity index (χ0n) is 12.8. The van der Waals surface area contributed by atoms with Gasteiger partial charge in [0.1, 0.15) is 17.1 Å². The summed E-state index contributed by atoms with van der Waals surface area (Å²) in [6.45, 7) is 0. The fourth-order valence-electron chi connectivity index (χ4n) is 2.48. The molecule has 2 aromatic carbocycles. The van der Waals surface area contributed by atoms with Crippen molar-refractivity contribution >= 4 is 33.8 Å². The summed E-state index contributed by atoms with van der Waals surface area (Å²) in [6, 6.07) is 12.4. The highest BCUT2D eigenvalue weighted by Gasteiger charge is 2.11. The highest BCUT2D eigenvalue weighted by atomic mass is 32.2. The molecule has 0 saturated heterocycles. The molecule has 0 fully saturated rings. The van der Waals surface area contributed by atoms with Gasteiger partial charge in [-0.1, -0.05) is 30.0 Å². The number of rotatable bonds is 4. The number of fused-ring (bicyclic) bond motifs is 3. The van der Waals surface area contributed by atoms with Crippen LogP contribution in [0.2, 0.25) is 0 Å². The van der Waals surface area contributed by atoms with E-state index in [0.717, 1.165) is 16.7 Å². The molecule has 0 atom stereocenters. The van der Waals surface area contributed by atoms with Crippen LogP contribution in [-0.4, -0.2) is 27.3 Å². The molecule has 0 bridgehead atoms. The van der Waals surface area contributed by atoms with E-state index in [2.05, 4.69) is 20.2 Å². The zero-order chi connectivity index (χ0) is 16.5. The Labute approximate surface area is 141 Å². The molecular formula is C17H13FN4OS. The molecule has 4 rings (SSSR count). The normalized spacial score (nSPS) is 11.2. The zero-order valence-corrected chi connectivity index (χ0v) is 13.6. The molecule has 0 saturated carbocycles. The number of aromatic amines is 1. The van der Waals surface area contributed by atoms with E-state index >= 15 is 0 Å². The lowest BCUT2D eigenvalue weighted by Crippen LogP contribution is -1.93. The first-order chi connectivity index (χ1) is 11.7. The third kappa shape index (κ3) is 2.67. The molecule has 0 unspecified atom stereocenters. The van der Waals surface area contributed by atoms with Crippen molar-refractivity contribution in [2.24, 2.45) is 0 Å². The predicted molar refractivity (Wildman–Crippen MR) is 91.7 cm³/mol. The first kappa shape index (κ1) is 14.9. The molecule has 0 aliphatic heterocycles. The number of nitrogens with zero attached hydrogens (tertiary/aromatic N) is 3. The van der Waals surface area contributed by atoms with Crippen molar-refractivity contribution in [2.45, 2.75) is 10.9 Å². The summed E-state index contributed by atoms with van der Waals surface area (Å²) in [5, 5.41) is 9.83. The van der Waals surface area contributed by atoms with E-state index in [1.807, 2.05) is 24.3 Å². The van der Waals surface area contributed by atoms with Gasteiger partial charge in [-0.3, -0.25) is 0 Å². The fourth-order valence-corrected chi connectivity index (χ4v) is 3.25. The molecule has 4 aromatic rings. The van der Waals surface area contributed by atoms with Gasteiger partial charge >= 0.3 is 0 Å². The van der Waals surface area contributed by atoms with Gasteiger partial charge in [0.25, 0.3) is 0 Å². The van der Waals surface area contributed by atoms with Crippen molar-refractivity contribution in [1.29, 1.82) is 0 Å². The summed E-state index contributed by atoms with van der Waals surface area (Å²) in [5.74, 6) is 0.980. The lowest BCUT2D eigenvalue weighted by molar-refractivity contribution is 0.415. The van der Waals surface area contributed by atoms with Gasteiger partial charge < -0.3 is 9.72 Å². The van der Waals surface area contributed by atoms with E-state index in [1.165, 1.54) is 17.8 Å². The van der Waals surface area contributed by atoms with Crippen LogP contribution in [0.1, 0.15) is 5.56 Å². The monoisotopic (exact) mass is 340 g/mol. The minimum Gasteiger partial charge on any atom is -0.497 e. The number of hydrogen-bond acceptors (Lipinski definition) is 5. The fraction of sp³-hybridized carbons (Fsp3) is 0.118. The molecular weight excluding hydrogens is 327 g/mol. The summed E-state index contributed by atoms with van der Waals surface area (Å²) >= 11 is 1.35. The Bertz CT molecular complexity index is 1030. The van der Waals surface area contributed by atoms with Crippen LogP contribution in [-0.2, 0) is 5.75 Å². The number of methoxy groups -OCH3 is 1.